The van der Waals surface area contributed by atoms with Gasteiger partial charge in [-0.3, -0.25) is 0 Å². The zero-order valence-electron chi connectivity index (χ0n) is 11.1. The van der Waals surface area contributed by atoms with E-state index in [1.165, 1.54) is 0 Å². The van der Waals surface area contributed by atoms with Crippen molar-refractivity contribution in [2.24, 2.45) is 0 Å². The van der Waals surface area contributed by atoms with Crippen molar-refractivity contribution in [1.82, 2.24) is 0 Å². The van der Waals surface area contributed by atoms with E-state index in [1.54, 1.807) is 18.2 Å². The molecule has 5 heteroatoms. The standard InChI is InChI=1S/C15H14Cl2N2O/c1-9-3-10(2)5-13(4-9)18-15(20)19-14-7-11(16)6-12(17)8-14/h3-8H,1-2H3,(H2,18,19,20). The van der Waals surface area contributed by atoms with Gasteiger partial charge in [-0.1, -0.05) is 29.3 Å². The van der Waals surface area contributed by atoms with Crippen LogP contribution in [0.1, 0.15) is 11.1 Å². The number of rotatable bonds is 2. The molecule has 2 amide bonds. The summed E-state index contributed by atoms with van der Waals surface area (Å²) in [6.07, 6.45) is 0. The van der Waals surface area contributed by atoms with Crippen molar-refractivity contribution < 1.29 is 4.79 Å². The number of amides is 2. The van der Waals surface area contributed by atoms with Gasteiger partial charge in [0.1, 0.15) is 0 Å². The van der Waals surface area contributed by atoms with E-state index in [-0.39, 0.29) is 6.03 Å². The lowest BCUT2D eigenvalue weighted by molar-refractivity contribution is 0.262. The quantitative estimate of drug-likeness (QED) is 0.781. The van der Waals surface area contributed by atoms with E-state index in [2.05, 4.69) is 10.6 Å². The monoisotopic (exact) mass is 308 g/mol. The fraction of sp³-hybridized carbons (Fsp3) is 0.133. The Bertz CT molecular complexity index is 560. The average molecular weight is 309 g/mol. The van der Waals surface area contributed by atoms with E-state index in [1.807, 2.05) is 32.0 Å². The molecule has 0 saturated carbocycles. The van der Waals surface area contributed by atoms with Crippen molar-refractivity contribution in [3.8, 4) is 0 Å². The number of carbonyl (C=O) groups is 1. The van der Waals surface area contributed by atoms with Gasteiger partial charge in [-0.05, 0) is 55.3 Å². The smallest absolute Gasteiger partial charge is 0.308 e. The summed E-state index contributed by atoms with van der Waals surface area (Å²) >= 11 is 11.8. The van der Waals surface area contributed by atoms with Crippen LogP contribution in [0.15, 0.2) is 36.4 Å². The first kappa shape index (κ1) is 14.7. The normalized spacial score (nSPS) is 10.2. The molecule has 0 radical (unpaired) electrons. The third-order valence-corrected chi connectivity index (χ3v) is 3.04. The van der Waals surface area contributed by atoms with Crippen LogP contribution in [-0.4, -0.2) is 6.03 Å². The average Bonchev–Trinajstić information content (AvgIpc) is 2.24. The lowest BCUT2D eigenvalue weighted by Gasteiger charge is -2.10. The van der Waals surface area contributed by atoms with E-state index in [0.717, 1.165) is 16.8 Å². The second-order valence-electron chi connectivity index (χ2n) is 4.61. The Morgan fingerprint density at radius 2 is 1.25 bits per heavy atom. The third-order valence-electron chi connectivity index (χ3n) is 2.60. The molecule has 0 atom stereocenters. The fourth-order valence-electron chi connectivity index (χ4n) is 1.97. The van der Waals surface area contributed by atoms with Gasteiger partial charge in [-0.25, -0.2) is 4.79 Å². The maximum Gasteiger partial charge on any atom is 0.323 e. The first-order valence-electron chi connectivity index (χ1n) is 6.05. The van der Waals surface area contributed by atoms with Crippen molar-refractivity contribution >= 4 is 40.6 Å². The van der Waals surface area contributed by atoms with E-state index in [4.69, 9.17) is 23.2 Å². The van der Waals surface area contributed by atoms with Crippen LogP contribution >= 0.6 is 23.2 Å². The van der Waals surface area contributed by atoms with Gasteiger partial charge in [0, 0.05) is 21.4 Å². The van der Waals surface area contributed by atoms with Crippen molar-refractivity contribution in [1.29, 1.82) is 0 Å². The second kappa shape index (κ2) is 6.16. The molecule has 2 aromatic carbocycles. The van der Waals surface area contributed by atoms with Crippen LogP contribution in [0.3, 0.4) is 0 Å². The summed E-state index contributed by atoms with van der Waals surface area (Å²) in [5, 5.41) is 6.41. The minimum Gasteiger partial charge on any atom is -0.308 e. The summed E-state index contributed by atoms with van der Waals surface area (Å²) in [6.45, 7) is 3.96. The van der Waals surface area contributed by atoms with Crippen LogP contribution in [0.25, 0.3) is 0 Å². The highest BCUT2D eigenvalue weighted by Gasteiger charge is 2.05. The molecule has 0 heterocycles. The Morgan fingerprint density at radius 3 is 1.75 bits per heavy atom. The summed E-state index contributed by atoms with van der Waals surface area (Å²) in [5.41, 5.74) is 3.47. The molecular formula is C15H14Cl2N2O. The van der Waals surface area contributed by atoms with Crippen molar-refractivity contribution in [2.45, 2.75) is 13.8 Å². The highest BCUT2D eigenvalue weighted by Crippen LogP contribution is 2.22. The number of anilines is 2. The molecule has 0 aliphatic heterocycles. The fourth-order valence-corrected chi connectivity index (χ4v) is 2.49. The third kappa shape index (κ3) is 4.15. The number of carbonyl (C=O) groups excluding carboxylic acids is 1. The van der Waals surface area contributed by atoms with Gasteiger partial charge in [-0.2, -0.15) is 0 Å². The molecule has 0 unspecified atom stereocenters. The maximum atomic E-state index is 11.9. The van der Waals surface area contributed by atoms with Gasteiger partial charge in [0.15, 0.2) is 0 Å². The molecule has 2 aromatic rings. The molecule has 0 bridgehead atoms. The Morgan fingerprint density at radius 1 is 0.800 bits per heavy atom. The molecule has 0 saturated heterocycles. The molecule has 2 N–H and O–H groups in total. The van der Waals surface area contributed by atoms with Crippen LogP contribution in [0, 0.1) is 13.8 Å². The van der Waals surface area contributed by atoms with Crippen LogP contribution in [0.5, 0.6) is 0 Å². The molecule has 20 heavy (non-hydrogen) atoms. The second-order valence-corrected chi connectivity index (χ2v) is 5.49. The summed E-state index contributed by atoms with van der Waals surface area (Å²) < 4.78 is 0. The van der Waals surface area contributed by atoms with E-state index < -0.39 is 0 Å². The van der Waals surface area contributed by atoms with Crippen molar-refractivity contribution in [3.63, 3.8) is 0 Å². The van der Waals surface area contributed by atoms with Gasteiger partial charge >= 0.3 is 6.03 Å². The largest absolute Gasteiger partial charge is 0.323 e. The summed E-state index contributed by atoms with van der Waals surface area (Å²) in [7, 11) is 0. The van der Waals surface area contributed by atoms with Gasteiger partial charge in [0.05, 0.1) is 0 Å². The van der Waals surface area contributed by atoms with E-state index in [9.17, 15) is 4.79 Å². The zero-order valence-corrected chi connectivity index (χ0v) is 12.6. The molecule has 0 fully saturated rings. The van der Waals surface area contributed by atoms with Crippen molar-refractivity contribution in [2.75, 3.05) is 10.6 Å². The van der Waals surface area contributed by atoms with Crippen LogP contribution in [0.4, 0.5) is 16.2 Å². The van der Waals surface area contributed by atoms with Crippen molar-refractivity contribution in [3.05, 3.63) is 57.6 Å². The SMILES string of the molecule is Cc1cc(C)cc(NC(=O)Nc2cc(Cl)cc(Cl)c2)c1. The maximum absolute atomic E-state index is 11.9. The number of hydrogen-bond acceptors (Lipinski definition) is 1. The summed E-state index contributed by atoms with van der Waals surface area (Å²) in [6, 6.07) is 10.4. The van der Waals surface area contributed by atoms with Gasteiger partial charge in [-0.15, -0.1) is 0 Å². The highest BCUT2D eigenvalue weighted by molar-refractivity contribution is 6.35. The molecule has 2 rings (SSSR count). The summed E-state index contributed by atoms with van der Waals surface area (Å²) in [5.74, 6) is 0. The topological polar surface area (TPSA) is 41.1 Å². The minimum absolute atomic E-state index is 0.340. The Hall–Kier alpha value is -1.71. The highest BCUT2D eigenvalue weighted by atomic mass is 35.5. The van der Waals surface area contributed by atoms with E-state index >= 15 is 0 Å². The lowest BCUT2D eigenvalue weighted by Crippen LogP contribution is -2.19. The molecule has 0 spiro atoms. The number of halogens is 2. The first-order valence-corrected chi connectivity index (χ1v) is 6.80. The Balaban J connectivity index is 2.08. The van der Waals surface area contributed by atoms with Crippen LogP contribution in [0.2, 0.25) is 10.0 Å². The molecule has 0 aromatic heterocycles. The number of urea groups is 1. The minimum atomic E-state index is -0.340. The molecular weight excluding hydrogens is 295 g/mol. The summed E-state index contributed by atoms with van der Waals surface area (Å²) in [4.78, 5) is 11.9. The zero-order chi connectivity index (χ0) is 14.7. The van der Waals surface area contributed by atoms with Gasteiger partial charge < -0.3 is 10.6 Å². The van der Waals surface area contributed by atoms with Gasteiger partial charge in [0.25, 0.3) is 0 Å². The lowest BCUT2D eigenvalue weighted by atomic mass is 10.1. The predicted octanol–water partition coefficient (Wildman–Crippen LogP) is 5.25. The van der Waals surface area contributed by atoms with Crippen LogP contribution in [-0.2, 0) is 0 Å². The number of benzene rings is 2. The molecule has 0 aliphatic rings. The van der Waals surface area contributed by atoms with E-state index in [0.29, 0.717) is 15.7 Å². The molecule has 104 valence electrons. The Labute approximate surface area is 127 Å². The number of nitrogens with one attached hydrogen (secondary N) is 2. The first-order chi connectivity index (χ1) is 9.42. The predicted molar refractivity (Wildman–Crippen MR) is 85.0 cm³/mol. The number of hydrogen-bond donors (Lipinski definition) is 2. The molecule has 3 nitrogen and oxygen atoms in total. The number of aryl methyl sites for hydroxylation is 2. The van der Waals surface area contributed by atoms with Crippen LogP contribution < -0.4 is 10.6 Å². The Kier molecular flexibility index (Phi) is 4.53. The van der Waals surface area contributed by atoms with Gasteiger partial charge in [0.2, 0.25) is 0 Å². The molecule has 0 aliphatic carbocycles.